The third-order valence-electron chi connectivity index (χ3n) is 6.06. The predicted molar refractivity (Wildman–Crippen MR) is 127 cm³/mol. The van der Waals surface area contributed by atoms with Crippen molar-refractivity contribution in [3.8, 4) is 0 Å². The van der Waals surface area contributed by atoms with Gasteiger partial charge in [0.15, 0.2) is 0 Å². The van der Waals surface area contributed by atoms with Gasteiger partial charge in [-0.2, -0.15) is 0 Å². The number of hydrogen-bond acceptors (Lipinski definition) is 6. The number of nitrogens with one attached hydrogen (secondary N) is 2. The van der Waals surface area contributed by atoms with E-state index in [9.17, 15) is 4.79 Å². The molecule has 3 aromatic rings. The van der Waals surface area contributed by atoms with E-state index >= 15 is 0 Å². The Labute approximate surface area is 188 Å². The summed E-state index contributed by atoms with van der Waals surface area (Å²) in [6.07, 6.45) is 5.53. The zero-order valence-corrected chi connectivity index (χ0v) is 19.4. The number of fused-ring (bicyclic) bond motifs is 1. The molecule has 4 rings (SSSR count). The van der Waals surface area contributed by atoms with Gasteiger partial charge >= 0.3 is 0 Å². The minimum Gasteiger partial charge on any atom is -0.358 e. The first-order valence-corrected chi connectivity index (χ1v) is 11.9. The molecule has 1 saturated heterocycles. The number of aromatic nitrogens is 2. The fourth-order valence-corrected chi connectivity index (χ4v) is 5.04. The molecule has 0 unspecified atom stereocenters. The lowest BCUT2D eigenvalue weighted by atomic mass is 10.1. The van der Waals surface area contributed by atoms with Gasteiger partial charge in [-0.05, 0) is 63.4 Å². The van der Waals surface area contributed by atoms with Crippen molar-refractivity contribution in [2.45, 2.75) is 59.2 Å². The first-order chi connectivity index (χ1) is 15.0. The molecule has 2 aromatic heterocycles. The molecule has 0 bridgehead atoms. The fourth-order valence-electron chi connectivity index (χ4n) is 4.04. The molecular formula is C24H31N5OS. The van der Waals surface area contributed by atoms with Crippen molar-refractivity contribution < 1.29 is 4.79 Å². The van der Waals surface area contributed by atoms with E-state index in [0.717, 1.165) is 28.1 Å². The van der Waals surface area contributed by atoms with E-state index in [-0.39, 0.29) is 5.91 Å². The number of hydrogen-bond donors (Lipinski definition) is 2. The highest BCUT2D eigenvalue weighted by Crippen LogP contribution is 2.32. The Balaban J connectivity index is 1.31. The van der Waals surface area contributed by atoms with Crippen molar-refractivity contribution >= 4 is 33.3 Å². The van der Waals surface area contributed by atoms with Gasteiger partial charge in [0, 0.05) is 18.0 Å². The molecule has 1 amide bonds. The minimum absolute atomic E-state index is 0.0474. The third kappa shape index (κ3) is 5.22. The Morgan fingerprint density at radius 1 is 1.10 bits per heavy atom. The predicted octanol–water partition coefficient (Wildman–Crippen LogP) is 4.41. The standard InChI is InChI=1S/C24H31N5OS/c1-16-18(3)31-24-21(16)22(26-15-27-24)28-17(2)23(30)25-13-19-7-9-20(10-8-19)14-29-11-5-4-6-12-29/h7-10,15,17H,4-6,11-14H2,1-3H3,(H,25,30)(H,26,27,28)/t17-/m1/s1. The number of thiophene rings is 1. The van der Waals surface area contributed by atoms with E-state index in [2.05, 4.69) is 63.6 Å². The summed E-state index contributed by atoms with van der Waals surface area (Å²) in [5.41, 5.74) is 3.61. The van der Waals surface area contributed by atoms with Gasteiger partial charge < -0.3 is 10.6 Å². The summed E-state index contributed by atoms with van der Waals surface area (Å²) < 4.78 is 0. The Bertz CT molecular complexity index is 1040. The van der Waals surface area contributed by atoms with Crippen LogP contribution in [0.1, 0.15) is 47.8 Å². The molecule has 2 N–H and O–H groups in total. The van der Waals surface area contributed by atoms with E-state index in [0.29, 0.717) is 6.54 Å². The SMILES string of the molecule is Cc1sc2ncnc(N[C@H](C)C(=O)NCc3ccc(CN4CCCCC4)cc3)c2c1C. The van der Waals surface area contributed by atoms with E-state index in [1.54, 1.807) is 17.7 Å². The Morgan fingerprint density at radius 3 is 2.55 bits per heavy atom. The van der Waals surface area contributed by atoms with E-state index in [1.165, 1.54) is 48.4 Å². The van der Waals surface area contributed by atoms with Gasteiger partial charge in [-0.3, -0.25) is 9.69 Å². The number of rotatable bonds is 7. The first kappa shape index (κ1) is 21.7. The maximum atomic E-state index is 12.7. The fraction of sp³-hybridized carbons (Fsp3) is 0.458. The second kappa shape index (κ2) is 9.75. The summed E-state index contributed by atoms with van der Waals surface area (Å²) in [6, 6.07) is 8.19. The molecule has 0 radical (unpaired) electrons. The Morgan fingerprint density at radius 2 is 1.81 bits per heavy atom. The molecule has 7 heteroatoms. The zero-order chi connectivity index (χ0) is 21.8. The topological polar surface area (TPSA) is 70.1 Å². The van der Waals surface area contributed by atoms with E-state index in [4.69, 9.17) is 0 Å². The van der Waals surface area contributed by atoms with Crippen molar-refractivity contribution in [3.05, 3.63) is 52.2 Å². The summed E-state index contributed by atoms with van der Waals surface area (Å²) in [5, 5.41) is 7.31. The van der Waals surface area contributed by atoms with Gasteiger partial charge in [-0.25, -0.2) is 9.97 Å². The Hall–Kier alpha value is -2.51. The van der Waals surface area contributed by atoms with Crippen LogP contribution in [-0.2, 0) is 17.9 Å². The second-order valence-electron chi connectivity index (χ2n) is 8.42. The third-order valence-corrected chi connectivity index (χ3v) is 7.17. The lowest BCUT2D eigenvalue weighted by Crippen LogP contribution is -2.37. The van der Waals surface area contributed by atoms with Crippen molar-refractivity contribution in [2.75, 3.05) is 18.4 Å². The highest BCUT2D eigenvalue weighted by molar-refractivity contribution is 7.18. The van der Waals surface area contributed by atoms with Crippen LogP contribution in [-0.4, -0.2) is 39.9 Å². The van der Waals surface area contributed by atoms with Crippen molar-refractivity contribution in [1.82, 2.24) is 20.2 Å². The largest absolute Gasteiger partial charge is 0.358 e. The summed E-state index contributed by atoms with van der Waals surface area (Å²) in [7, 11) is 0. The van der Waals surface area contributed by atoms with Crippen LogP contribution in [0.3, 0.4) is 0 Å². The monoisotopic (exact) mass is 437 g/mol. The van der Waals surface area contributed by atoms with Crippen molar-refractivity contribution in [2.24, 2.45) is 0 Å². The molecule has 1 fully saturated rings. The number of carbonyl (C=O) groups is 1. The smallest absolute Gasteiger partial charge is 0.242 e. The van der Waals surface area contributed by atoms with Gasteiger partial charge in [0.2, 0.25) is 5.91 Å². The number of anilines is 1. The molecule has 1 aliphatic rings. The number of nitrogens with zero attached hydrogens (tertiary/aromatic N) is 3. The molecule has 0 spiro atoms. The van der Waals surface area contributed by atoms with Gasteiger partial charge in [0.1, 0.15) is 23.0 Å². The van der Waals surface area contributed by atoms with Crippen LogP contribution >= 0.6 is 11.3 Å². The molecular weight excluding hydrogens is 406 g/mol. The molecule has 1 atom stereocenters. The average molecular weight is 438 g/mol. The molecule has 164 valence electrons. The molecule has 1 aliphatic heterocycles. The molecule has 0 aliphatic carbocycles. The van der Waals surface area contributed by atoms with Crippen LogP contribution in [0.2, 0.25) is 0 Å². The van der Waals surface area contributed by atoms with Crippen LogP contribution in [0.15, 0.2) is 30.6 Å². The zero-order valence-electron chi connectivity index (χ0n) is 18.6. The van der Waals surface area contributed by atoms with Gasteiger partial charge in [-0.1, -0.05) is 30.7 Å². The van der Waals surface area contributed by atoms with Crippen molar-refractivity contribution in [3.63, 3.8) is 0 Å². The van der Waals surface area contributed by atoms with Gasteiger partial charge in [-0.15, -0.1) is 11.3 Å². The average Bonchev–Trinajstić information content (AvgIpc) is 3.08. The van der Waals surface area contributed by atoms with Crippen molar-refractivity contribution in [1.29, 1.82) is 0 Å². The minimum atomic E-state index is -0.393. The number of carbonyl (C=O) groups excluding carboxylic acids is 1. The first-order valence-electron chi connectivity index (χ1n) is 11.1. The Kier molecular flexibility index (Phi) is 6.83. The maximum Gasteiger partial charge on any atom is 0.242 e. The van der Waals surface area contributed by atoms with Gasteiger partial charge in [0.05, 0.1) is 5.39 Å². The number of piperidine rings is 1. The molecule has 3 heterocycles. The molecule has 31 heavy (non-hydrogen) atoms. The van der Waals surface area contributed by atoms with Crippen LogP contribution in [0, 0.1) is 13.8 Å². The van der Waals surface area contributed by atoms with Crippen LogP contribution in [0.25, 0.3) is 10.2 Å². The summed E-state index contributed by atoms with van der Waals surface area (Å²) in [6.45, 7) is 9.95. The molecule has 0 saturated carbocycles. The lowest BCUT2D eigenvalue weighted by Gasteiger charge is -2.26. The number of amides is 1. The van der Waals surface area contributed by atoms with Crippen LogP contribution in [0.4, 0.5) is 5.82 Å². The lowest BCUT2D eigenvalue weighted by molar-refractivity contribution is -0.121. The quantitative estimate of drug-likeness (QED) is 0.573. The van der Waals surface area contributed by atoms with Crippen LogP contribution < -0.4 is 10.6 Å². The summed E-state index contributed by atoms with van der Waals surface area (Å²) >= 11 is 1.65. The number of likely N-dealkylation sites (tertiary alicyclic amines) is 1. The van der Waals surface area contributed by atoms with Crippen LogP contribution in [0.5, 0.6) is 0 Å². The molecule has 1 aromatic carbocycles. The number of benzene rings is 1. The molecule has 6 nitrogen and oxygen atoms in total. The van der Waals surface area contributed by atoms with E-state index in [1.807, 2.05) is 6.92 Å². The van der Waals surface area contributed by atoms with E-state index < -0.39 is 6.04 Å². The highest BCUT2D eigenvalue weighted by atomic mass is 32.1. The van der Waals surface area contributed by atoms with Gasteiger partial charge in [0.25, 0.3) is 0 Å². The second-order valence-corrected chi connectivity index (χ2v) is 9.63. The normalized spacial score (nSPS) is 15.7. The summed E-state index contributed by atoms with van der Waals surface area (Å²) in [4.78, 5) is 26.1. The highest BCUT2D eigenvalue weighted by Gasteiger charge is 2.17. The maximum absolute atomic E-state index is 12.7. The number of aryl methyl sites for hydroxylation is 2. The summed E-state index contributed by atoms with van der Waals surface area (Å²) in [5.74, 6) is 0.672.